The van der Waals surface area contributed by atoms with E-state index < -0.39 is 59.9 Å². The average molecular weight is 745 g/mol. The first kappa shape index (κ1) is 41.1. The zero-order valence-electron chi connectivity index (χ0n) is 31.6. The Morgan fingerprint density at radius 3 is 1.94 bits per heavy atom. The predicted octanol–water partition coefficient (Wildman–Crippen LogP) is 5.07. The summed E-state index contributed by atoms with van der Waals surface area (Å²) in [6.07, 6.45) is -2.05. The fourth-order valence-electron chi connectivity index (χ4n) is 6.20. The highest BCUT2D eigenvalue weighted by molar-refractivity contribution is 5.98. The Bertz CT molecular complexity index is 1750. The number of anilines is 1. The number of aliphatic hydroxyl groups excluding tert-OH is 1. The molecule has 0 saturated heterocycles. The van der Waals surface area contributed by atoms with E-state index in [0.717, 1.165) is 22.3 Å². The zero-order chi connectivity index (χ0) is 39.6. The molecular weight excluding hydrogens is 692 g/mol. The van der Waals surface area contributed by atoms with Crippen LogP contribution in [-0.4, -0.2) is 72.0 Å². The van der Waals surface area contributed by atoms with E-state index in [1.165, 1.54) is 0 Å². The molecule has 0 unspecified atom stereocenters. The van der Waals surface area contributed by atoms with Gasteiger partial charge in [0.05, 0.1) is 12.1 Å². The molecule has 8 N–H and O–H groups in total. The first-order valence-corrected chi connectivity index (χ1v) is 18.1. The second kappa shape index (κ2) is 18.4. The van der Waals surface area contributed by atoms with Crippen molar-refractivity contribution in [2.24, 2.45) is 11.7 Å². The molecule has 1 aliphatic rings. The van der Waals surface area contributed by atoms with Crippen molar-refractivity contribution in [2.75, 3.05) is 18.5 Å². The van der Waals surface area contributed by atoms with Crippen molar-refractivity contribution in [1.29, 1.82) is 0 Å². The highest BCUT2D eigenvalue weighted by Gasteiger charge is 2.32. The third-order valence-electron chi connectivity index (χ3n) is 8.91. The number of fused-ring (bicyclic) bond motifs is 3. The second-order valence-corrected chi connectivity index (χ2v) is 14.7. The highest BCUT2D eigenvalue weighted by atomic mass is 16.6. The number of primary amides is 1. The van der Waals surface area contributed by atoms with Gasteiger partial charge in [-0.15, -0.1) is 0 Å². The number of carbonyl (C=O) groups is 5. The lowest BCUT2D eigenvalue weighted by Gasteiger charge is -2.26. The maximum absolute atomic E-state index is 13.6. The van der Waals surface area contributed by atoms with Gasteiger partial charge in [0.1, 0.15) is 24.3 Å². The van der Waals surface area contributed by atoms with Crippen molar-refractivity contribution >= 4 is 35.7 Å². The van der Waals surface area contributed by atoms with Gasteiger partial charge < -0.3 is 46.9 Å². The maximum atomic E-state index is 13.6. The summed E-state index contributed by atoms with van der Waals surface area (Å²) < 4.78 is 10.9. The van der Waals surface area contributed by atoms with E-state index in [-0.39, 0.29) is 31.4 Å². The predicted molar refractivity (Wildman–Crippen MR) is 204 cm³/mol. The molecular formula is C40H52N6O8. The van der Waals surface area contributed by atoms with Gasteiger partial charge >= 0.3 is 18.2 Å². The number of hydrogen-bond acceptors (Lipinski definition) is 8. The number of nitrogens with one attached hydrogen (secondary N) is 5. The van der Waals surface area contributed by atoms with Gasteiger partial charge in [-0.1, -0.05) is 74.5 Å². The molecule has 54 heavy (non-hydrogen) atoms. The van der Waals surface area contributed by atoms with Crippen LogP contribution in [0.5, 0.6) is 0 Å². The fourth-order valence-corrected chi connectivity index (χ4v) is 6.20. The number of amides is 6. The zero-order valence-corrected chi connectivity index (χ0v) is 31.6. The van der Waals surface area contributed by atoms with E-state index in [0.29, 0.717) is 17.7 Å². The summed E-state index contributed by atoms with van der Waals surface area (Å²) >= 11 is 0. The Morgan fingerprint density at radius 1 is 0.796 bits per heavy atom. The van der Waals surface area contributed by atoms with Crippen LogP contribution in [-0.2, 0) is 19.1 Å². The van der Waals surface area contributed by atoms with Gasteiger partial charge in [-0.3, -0.25) is 9.59 Å². The smallest absolute Gasteiger partial charge is 0.407 e. The number of alkyl carbamates (subject to hydrolysis) is 2. The first-order chi connectivity index (χ1) is 25.5. The number of nitrogens with two attached hydrogens (primary N) is 1. The van der Waals surface area contributed by atoms with Crippen LogP contribution in [0.25, 0.3) is 11.1 Å². The van der Waals surface area contributed by atoms with Gasteiger partial charge in [-0.05, 0) is 86.4 Å². The Labute approximate surface area is 315 Å². The quantitative estimate of drug-likeness (QED) is 0.104. The van der Waals surface area contributed by atoms with Crippen LogP contribution in [0.4, 0.5) is 20.1 Å². The number of urea groups is 1. The molecule has 3 aromatic carbocycles. The van der Waals surface area contributed by atoms with Crippen molar-refractivity contribution in [3.63, 3.8) is 0 Å². The Morgan fingerprint density at radius 2 is 1.39 bits per heavy atom. The van der Waals surface area contributed by atoms with Crippen LogP contribution in [0.3, 0.4) is 0 Å². The topological polar surface area (TPSA) is 210 Å². The number of carbonyl (C=O) groups excluding carboxylic acids is 5. The Kier molecular flexibility index (Phi) is 14.0. The summed E-state index contributed by atoms with van der Waals surface area (Å²) in [6.45, 7) is 10.6. The van der Waals surface area contributed by atoms with Crippen LogP contribution in [0, 0.1) is 5.92 Å². The molecule has 0 radical (unpaired) electrons. The van der Waals surface area contributed by atoms with Crippen LogP contribution in [0.2, 0.25) is 0 Å². The minimum Gasteiger partial charge on any atom is -0.449 e. The van der Waals surface area contributed by atoms with Crippen LogP contribution >= 0.6 is 0 Å². The lowest BCUT2D eigenvalue weighted by atomic mass is 9.98. The lowest BCUT2D eigenvalue weighted by Crippen LogP contribution is -2.54. The average Bonchev–Trinajstić information content (AvgIpc) is 3.43. The number of benzene rings is 3. The summed E-state index contributed by atoms with van der Waals surface area (Å²) in [5, 5.41) is 24.1. The molecule has 1 aliphatic carbocycles. The molecule has 4 atom stereocenters. The maximum Gasteiger partial charge on any atom is 0.407 e. The molecule has 14 heteroatoms. The SMILES string of the molecule is CC(C)[C@H](NC(=O)OCC1c2ccccc2-c2ccccc21)C(=O)N[C@@H](CCCNC(N)=O)C(=O)Nc1ccc([C@H](O)[C@@H](C)NC(=O)OC(C)(C)C)cc1. The van der Waals surface area contributed by atoms with Gasteiger partial charge in [0.2, 0.25) is 11.8 Å². The molecule has 3 aromatic rings. The van der Waals surface area contributed by atoms with Crippen molar-refractivity contribution in [1.82, 2.24) is 21.3 Å². The molecule has 0 fully saturated rings. The molecule has 290 valence electrons. The summed E-state index contributed by atoms with van der Waals surface area (Å²) in [5.41, 5.74) is 9.65. The Hall–Kier alpha value is -5.63. The third kappa shape index (κ3) is 11.4. The summed E-state index contributed by atoms with van der Waals surface area (Å²) in [6, 6.07) is 18.8. The summed E-state index contributed by atoms with van der Waals surface area (Å²) in [5.74, 6) is -1.66. The summed E-state index contributed by atoms with van der Waals surface area (Å²) in [4.78, 5) is 63.7. The van der Waals surface area contributed by atoms with E-state index in [1.54, 1.807) is 65.8 Å². The van der Waals surface area contributed by atoms with Crippen molar-refractivity contribution in [3.8, 4) is 11.1 Å². The van der Waals surface area contributed by atoms with Gasteiger partial charge in [0.25, 0.3) is 0 Å². The number of aliphatic hydroxyl groups is 1. The monoisotopic (exact) mass is 744 g/mol. The third-order valence-corrected chi connectivity index (χ3v) is 8.91. The normalized spacial score (nSPS) is 14.4. The summed E-state index contributed by atoms with van der Waals surface area (Å²) in [7, 11) is 0. The van der Waals surface area contributed by atoms with E-state index in [4.69, 9.17) is 15.2 Å². The molecule has 0 spiro atoms. The molecule has 0 saturated carbocycles. The van der Waals surface area contributed by atoms with Crippen molar-refractivity contribution in [2.45, 2.75) is 90.1 Å². The van der Waals surface area contributed by atoms with Crippen LogP contribution in [0.1, 0.15) is 83.1 Å². The minimum atomic E-state index is -1.07. The van der Waals surface area contributed by atoms with Crippen molar-refractivity contribution in [3.05, 3.63) is 89.5 Å². The first-order valence-electron chi connectivity index (χ1n) is 18.1. The molecule has 0 aliphatic heterocycles. The number of ether oxygens (including phenoxy) is 2. The molecule has 0 bridgehead atoms. The van der Waals surface area contributed by atoms with E-state index in [1.807, 2.05) is 48.5 Å². The molecule has 6 amide bonds. The van der Waals surface area contributed by atoms with Gasteiger partial charge in [-0.25, -0.2) is 14.4 Å². The van der Waals surface area contributed by atoms with Crippen molar-refractivity contribution < 1.29 is 38.6 Å². The number of hydrogen-bond donors (Lipinski definition) is 7. The Balaban J connectivity index is 1.38. The van der Waals surface area contributed by atoms with E-state index in [9.17, 15) is 29.1 Å². The molecule has 4 rings (SSSR count). The molecule has 0 aromatic heterocycles. The van der Waals surface area contributed by atoms with Gasteiger partial charge in [0, 0.05) is 18.2 Å². The van der Waals surface area contributed by atoms with Gasteiger partial charge in [0.15, 0.2) is 0 Å². The van der Waals surface area contributed by atoms with Crippen LogP contribution < -0.4 is 32.3 Å². The second-order valence-electron chi connectivity index (χ2n) is 14.7. The van der Waals surface area contributed by atoms with Crippen LogP contribution in [0.15, 0.2) is 72.8 Å². The highest BCUT2D eigenvalue weighted by Crippen LogP contribution is 2.44. The fraction of sp³-hybridized carbons (Fsp3) is 0.425. The number of rotatable bonds is 15. The van der Waals surface area contributed by atoms with E-state index >= 15 is 0 Å². The largest absolute Gasteiger partial charge is 0.449 e. The standard InChI is InChI=1S/C40H52N6O8/c1-23(2)33(46-38(51)53-22-31-29-14-9-7-12-27(29)28-13-8-10-15-30(28)31)36(49)45-32(16-11-21-42-37(41)50)35(48)44-26-19-17-25(18-20-26)34(47)24(3)43-39(52)54-40(4,5)6/h7-10,12-15,17-20,23-24,31-34,47H,11,16,21-22H2,1-6H3,(H,43,52)(H,44,48)(H,45,49)(H,46,51)(H3,41,42,50)/t24-,32+,33+,34-/m1/s1. The molecule has 0 heterocycles. The lowest BCUT2D eigenvalue weighted by molar-refractivity contribution is -0.128. The van der Waals surface area contributed by atoms with E-state index in [2.05, 4.69) is 26.6 Å². The minimum absolute atomic E-state index is 0.0686. The van der Waals surface area contributed by atoms with Gasteiger partial charge in [-0.2, -0.15) is 0 Å². The molecule has 14 nitrogen and oxygen atoms in total.